The molecule has 0 saturated carbocycles. The number of likely N-dealkylation sites (N-methyl/N-ethyl adjacent to an activating group) is 1. The Morgan fingerprint density at radius 3 is 1.65 bits per heavy atom. The zero-order chi connectivity index (χ0) is 17.1. The van der Waals surface area contributed by atoms with Gasteiger partial charge in [0.05, 0.1) is 10.7 Å². The first-order valence-corrected chi connectivity index (χ1v) is 11.0. The molecule has 1 fully saturated rings. The minimum Gasteiger partial charge on any atom is -0.385 e. The average Bonchev–Trinajstić information content (AvgIpc) is 2.53. The lowest BCUT2D eigenvalue weighted by atomic mass is 10.5. The number of aliphatic imine (C=N–C) groups is 2. The van der Waals surface area contributed by atoms with Crippen molar-refractivity contribution in [3.05, 3.63) is 0 Å². The molecule has 6 heteroatoms. The maximum atomic E-state index is 6.45. The van der Waals surface area contributed by atoms with Crippen LogP contribution in [0.1, 0.15) is 53.4 Å². The molecule has 134 valence electrons. The summed E-state index contributed by atoms with van der Waals surface area (Å²) in [6.07, 6.45) is 3.86. The van der Waals surface area contributed by atoms with E-state index in [1.807, 2.05) is 0 Å². The molecule has 0 unspecified atom stereocenters. The third kappa shape index (κ3) is 5.78. The molecule has 0 N–H and O–H groups in total. The Balaban J connectivity index is 3.21. The van der Waals surface area contributed by atoms with Crippen LogP contribution in [0, 0.1) is 0 Å². The van der Waals surface area contributed by atoms with Gasteiger partial charge < -0.3 is 13.8 Å². The Morgan fingerprint density at radius 1 is 0.870 bits per heavy atom. The van der Waals surface area contributed by atoms with Crippen LogP contribution in [-0.4, -0.2) is 70.6 Å². The zero-order valence-electron chi connectivity index (χ0n) is 15.7. The Kier molecular flexibility index (Phi) is 9.86. The van der Waals surface area contributed by atoms with E-state index in [1.54, 1.807) is 0 Å². The Hall–Kier alpha value is -0.563. The molecule has 1 aliphatic heterocycles. The van der Waals surface area contributed by atoms with Gasteiger partial charge in [0, 0.05) is 39.4 Å². The SMILES string of the molecule is CCCN=C(CC)[Si]1(C(CC)=NCCC)OCCN(C)CCO1. The average molecular weight is 342 g/mol. The molecule has 1 rings (SSSR count). The van der Waals surface area contributed by atoms with E-state index >= 15 is 0 Å². The Morgan fingerprint density at radius 2 is 1.30 bits per heavy atom. The van der Waals surface area contributed by atoms with E-state index in [1.165, 1.54) is 0 Å². The van der Waals surface area contributed by atoms with Crippen LogP contribution >= 0.6 is 0 Å². The number of nitrogens with zero attached hydrogens (tertiary/aromatic N) is 3. The summed E-state index contributed by atoms with van der Waals surface area (Å²) in [5, 5.41) is 2.25. The van der Waals surface area contributed by atoms with Crippen molar-refractivity contribution in [2.45, 2.75) is 53.4 Å². The zero-order valence-corrected chi connectivity index (χ0v) is 16.7. The summed E-state index contributed by atoms with van der Waals surface area (Å²) in [5.74, 6) is 0. The molecule has 0 amide bonds. The Bertz CT molecular complexity index is 363. The van der Waals surface area contributed by atoms with Gasteiger partial charge in [0.2, 0.25) is 0 Å². The van der Waals surface area contributed by atoms with Gasteiger partial charge in [0.15, 0.2) is 0 Å². The normalized spacial score (nSPS) is 21.1. The number of rotatable bonds is 8. The first-order chi connectivity index (χ1) is 11.1. The van der Waals surface area contributed by atoms with Gasteiger partial charge in [-0.1, -0.05) is 27.7 Å². The Labute approximate surface area is 143 Å². The lowest BCUT2D eigenvalue weighted by Crippen LogP contribution is -2.60. The maximum absolute atomic E-state index is 6.45. The fourth-order valence-corrected chi connectivity index (χ4v) is 6.15. The molecular formula is C17H35N3O2Si. The van der Waals surface area contributed by atoms with Gasteiger partial charge in [0.1, 0.15) is 0 Å². The third-order valence-corrected chi connectivity index (χ3v) is 7.80. The van der Waals surface area contributed by atoms with Crippen LogP contribution < -0.4 is 0 Å². The number of hydrogen-bond acceptors (Lipinski definition) is 5. The molecule has 23 heavy (non-hydrogen) atoms. The fraction of sp³-hybridized carbons (Fsp3) is 0.882. The summed E-state index contributed by atoms with van der Waals surface area (Å²) < 4.78 is 12.9. The van der Waals surface area contributed by atoms with Crippen molar-refractivity contribution in [2.24, 2.45) is 9.98 Å². The molecule has 5 nitrogen and oxygen atoms in total. The highest BCUT2D eigenvalue weighted by atomic mass is 28.4. The third-order valence-electron chi connectivity index (χ3n) is 4.04. The van der Waals surface area contributed by atoms with E-state index in [-0.39, 0.29) is 0 Å². The lowest BCUT2D eigenvalue weighted by Gasteiger charge is -2.36. The van der Waals surface area contributed by atoms with E-state index in [9.17, 15) is 0 Å². The molecule has 1 aliphatic rings. The topological polar surface area (TPSA) is 46.4 Å². The van der Waals surface area contributed by atoms with E-state index in [0.29, 0.717) is 13.2 Å². The standard InChI is InChI=1S/C17H35N3O2Si/c1-6-10-18-16(8-3)23(17(9-4)19-11-7-2)21-14-12-20(5)13-15-22-23/h6-15H2,1-5H3. The van der Waals surface area contributed by atoms with Crippen LogP contribution in [0.15, 0.2) is 9.98 Å². The van der Waals surface area contributed by atoms with E-state index in [2.05, 4.69) is 39.6 Å². The predicted molar refractivity (Wildman–Crippen MR) is 101 cm³/mol. The fourth-order valence-electron chi connectivity index (χ4n) is 2.73. The van der Waals surface area contributed by atoms with Crippen LogP contribution in [0.5, 0.6) is 0 Å². The molecule has 0 aromatic heterocycles. The molecule has 0 atom stereocenters. The van der Waals surface area contributed by atoms with Crippen LogP contribution in [-0.2, 0) is 8.85 Å². The van der Waals surface area contributed by atoms with Crippen molar-refractivity contribution in [3.8, 4) is 0 Å². The second kappa shape index (κ2) is 11.1. The maximum Gasteiger partial charge on any atom is 0.435 e. The minimum absolute atomic E-state index is 0.693. The molecule has 1 saturated heterocycles. The van der Waals surface area contributed by atoms with Gasteiger partial charge in [-0.3, -0.25) is 9.98 Å². The largest absolute Gasteiger partial charge is 0.435 e. The van der Waals surface area contributed by atoms with E-state index < -0.39 is 8.56 Å². The van der Waals surface area contributed by atoms with Crippen molar-refractivity contribution in [2.75, 3.05) is 46.4 Å². The summed E-state index contributed by atoms with van der Waals surface area (Å²) >= 11 is 0. The first-order valence-electron chi connectivity index (χ1n) is 9.18. The summed E-state index contributed by atoms with van der Waals surface area (Å²) in [6.45, 7) is 13.6. The van der Waals surface area contributed by atoms with E-state index in [0.717, 1.165) is 62.5 Å². The molecule has 0 aromatic carbocycles. The van der Waals surface area contributed by atoms with Crippen molar-refractivity contribution in [1.82, 2.24) is 4.90 Å². The molecule has 0 radical (unpaired) electrons. The van der Waals surface area contributed by atoms with Gasteiger partial charge in [-0.2, -0.15) is 0 Å². The molecule has 0 aromatic rings. The molecular weight excluding hydrogens is 306 g/mol. The molecule has 0 aliphatic carbocycles. The van der Waals surface area contributed by atoms with Gasteiger partial charge >= 0.3 is 8.56 Å². The van der Waals surface area contributed by atoms with Gasteiger partial charge in [-0.25, -0.2) is 0 Å². The highest BCUT2D eigenvalue weighted by Crippen LogP contribution is 2.20. The monoisotopic (exact) mass is 341 g/mol. The summed E-state index contributed by atoms with van der Waals surface area (Å²) in [6, 6.07) is 0. The van der Waals surface area contributed by atoms with Gasteiger partial charge in [-0.15, -0.1) is 0 Å². The smallest absolute Gasteiger partial charge is 0.385 e. The van der Waals surface area contributed by atoms with Crippen molar-refractivity contribution in [1.29, 1.82) is 0 Å². The van der Waals surface area contributed by atoms with E-state index in [4.69, 9.17) is 18.8 Å². The van der Waals surface area contributed by atoms with Crippen LogP contribution in [0.3, 0.4) is 0 Å². The van der Waals surface area contributed by atoms with Gasteiger partial charge in [-0.05, 0) is 32.7 Å². The first kappa shape index (κ1) is 20.5. The summed E-state index contributed by atoms with van der Waals surface area (Å²) in [4.78, 5) is 12.0. The summed E-state index contributed by atoms with van der Waals surface area (Å²) in [7, 11) is -0.545. The molecule has 0 bridgehead atoms. The van der Waals surface area contributed by atoms with Crippen LogP contribution in [0.2, 0.25) is 0 Å². The highest BCUT2D eigenvalue weighted by Gasteiger charge is 2.48. The van der Waals surface area contributed by atoms with Crippen LogP contribution in [0.4, 0.5) is 0 Å². The van der Waals surface area contributed by atoms with Crippen molar-refractivity contribution in [3.63, 3.8) is 0 Å². The predicted octanol–water partition coefficient (Wildman–Crippen LogP) is 3.01. The minimum atomic E-state index is -2.65. The molecule has 0 spiro atoms. The quantitative estimate of drug-likeness (QED) is 0.504. The number of hydrogen-bond donors (Lipinski definition) is 0. The highest BCUT2D eigenvalue weighted by molar-refractivity contribution is 7.18. The summed E-state index contributed by atoms with van der Waals surface area (Å²) in [5.41, 5.74) is 0. The second-order valence-electron chi connectivity index (χ2n) is 5.98. The van der Waals surface area contributed by atoms with Gasteiger partial charge in [0.25, 0.3) is 0 Å². The lowest BCUT2D eigenvalue weighted by molar-refractivity contribution is 0.124. The van der Waals surface area contributed by atoms with Crippen LogP contribution in [0.25, 0.3) is 0 Å². The van der Waals surface area contributed by atoms with Crippen molar-refractivity contribution < 1.29 is 8.85 Å². The molecule has 1 heterocycles. The second-order valence-corrected chi connectivity index (χ2v) is 8.95. The van der Waals surface area contributed by atoms with Crippen molar-refractivity contribution >= 4 is 19.2 Å².